The maximum Gasteiger partial charge on any atom is 0.303 e. The van der Waals surface area contributed by atoms with Crippen LogP contribution in [0.25, 0.3) is 0 Å². The molecule has 0 bridgehead atoms. The van der Waals surface area contributed by atoms with Gasteiger partial charge in [-0.25, -0.2) is 0 Å². The van der Waals surface area contributed by atoms with E-state index in [0.29, 0.717) is 41.9 Å². The fourth-order valence-corrected chi connectivity index (χ4v) is 3.91. The van der Waals surface area contributed by atoms with Gasteiger partial charge in [0.2, 0.25) is 0 Å². The number of aldehydes is 1. The van der Waals surface area contributed by atoms with Crippen molar-refractivity contribution in [3.05, 3.63) is 59.2 Å². The average molecular weight is 425 g/mol. The van der Waals surface area contributed by atoms with Gasteiger partial charge in [0.1, 0.15) is 18.1 Å². The van der Waals surface area contributed by atoms with E-state index in [-0.39, 0.29) is 25.0 Å². The number of methoxy groups -OCH3 is 1. The molecule has 7 heteroatoms. The first kappa shape index (κ1) is 22.3. The van der Waals surface area contributed by atoms with Crippen molar-refractivity contribution < 1.29 is 29.0 Å². The van der Waals surface area contributed by atoms with Crippen LogP contribution in [0.2, 0.25) is 0 Å². The second kappa shape index (κ2) is 10.6. The summed E-state index contributed by atoms with van der Waals surface area (Å²) in [4.78, 5) is 37.6. The topological polar surface area (TPSA) is 93.1 Å². The van der Waals surface area contributed by atoms with E-state index >= 15 is 0 Å². The first-order valence-corrected chi connectivity index (χ1v) is 10.4. The number of carbonyl (C=O) groups excluding carboxylic acids is 2. The van der Waals surface area contributed by atoms with Crippen molar-refractivity contribution in [2.24, 2.45) is 0 Å². The van der Waals surface area contributed by atoms with E-state index in [4.69, 9.17) is 14.6 Å². The van der Waals surface area contributed by atoms with Crippen molar-refractivity contribution in [3.63, 3.8) is 0 Å². The number of hydrogen-bond donors (Lipinski definition) is 1. The summed E-state index contributed by atoms with van der Waals surface area (Å²) >= 11 is 0. The van der Waals surface area contributed by atoms with Gasteiger partial charge < -0.3 is 19.5 Å². The molecular formula is C24H27NO6. The molecule has 2 aromatic rings. The molecule has 164 valence electrons. The van der Waals surface area contributed by atoms with Crippen molar-refractivity contribution in [3.8, 4) is 11.5 Å². The first-order chi connectivity index (χ1) is 15.0. The normalized spacial score (nSPS) is 15.9. The number of carboxylic acids is 1. The Morgan fingerprint density at radius 2 is 1.90 bits per heavy atom. The van der Waals surface area contributed by atoms with Gasteiger partial charge in [0.15, 0.2) is 6.29 Å². The molecule has 2 aromatic carbocycles. The van der Waals surface area contributed by atoms with Crippen LogP contribution in [-0.4, -0.2) is 54.5 Å². The fourth-order valence-electron chi connectivity index (χ4n) is 3.91. The number of likely N-dealkylation sites (tertiary alicyclic amines) is 1. The van der Waals surface area contributed by atoms with Crippen molar-refractivity contribution in [2.45, 2.75) is 38.1 Å². The molecule has 0 aromatic heterocycles. The number of hydrogen-bond acceptors (Lipinski definition) is 5. The molecule has 1 saturated heterocycles. The molecule has 0 spiro atoms. The van der Waals surface area contributed by atoms with Crippen LogP contribution >= 0.6 is 0 Å². The molecule has 1 fully saturated rings. The Labute approximate surface area is 181 Å². The molecule has 7 nitrogen and oxygen atoms in total. The standard InChI is InChI=1S/C24H27NO6/c1-30-21-10-6-11-22(20(21)15-26)31-16-18-8-4-5-14-25(18)24(29)19-9-3-2-7-17(19)12-13-23(27)28/h2-3,6-7,9-11,15,18H,4-5,8,12-14,16H2,1H3,(H,27,28). The van der Waals surface area contributed by atoms with Crippen LogP contribution < -0.4 is 9.47 Å². The van der Waals surface area contributed by atoms with E-state index in [1.165, 1.54) is 7.11 Å². The zero-order valence-corrected chi connectivity index (χ0v) is 17.6. The second-order valence-electron chi connectivity index (χ2n) is 7.50. The quantitative estimate of drug-likeness (QED) is 0.617. The van der Waals surface area contributed by atoms with E-state index in [0.717, 1.165) is 24.8 Å². The summed E-state index contributed by atoms with van der Waals surface area (Å²) in [6.45, 7) is 0.871. The number of rotatable bonds is 9. The van der Waals surface area contributed by atoms with Gasteiger partial charge in [0.05, 0.1) is 18.7 Å². The smallest absolute Gasteiger partial charge is 0.303 e. The first-order valence-electron chi connectivity index (χ1n) is 10.4. The Morgan fingerprint density at radius 3 is 2.65 bits per heavy atom. The molecule has 0 radical (unpaired) electrons. The van der Waals surface area contributed by atoms with Gasteiger partial charge in [-0.2, -0.15) is 0 Å². The van der Waals surface area contributed by atoms with Crippen molar-refractivity contribution in [1.82, 2.24) is 4.90 Å². The Bertz CT molecular complexity index is 941. The molecule has 1 atom stereocenters. The monoisotopic (exact) mass is 425 g/mol. The number of nitrogens with zero attached hydrogens (tertiary/aromatic N) is 1. The highest BCUT2D eigenvalue weighted by Gasteiger charge is 2.29. The van der Waals surface area contributed by atoms with E-state index in [9.17, 15) is 14.4 Å². The molecule has 3 rings (SSSR count). The van der Waals surface area contributed by atoms with Gasteiger partial charge in [0, 0.05) is 18.5 Å². The molecule has 0 saturated carbocycles. The van der Waals surface area contributed by atoms with Gasteiger partial charge in [-0.1, -0.05) is 24.3 Å². The summed E-state index contributed by atoms with van der Waals surface area (Å²) in [7, 11) is 1.50. The second-order valence-corrected chi connectivity index (χ2v) is 7.50. The van der Waals surface area contributed by atoms with Crippen LogP contribution in [-0.2, 0) is 11.2 Å². The average Bonchev–Trinajstić information content (AvgIpc) is 2.80. The van der Waals surface area contributed by atoms with Crippen LogP contribution in [0.15, 0.2) is 42.5 Å². The summed E-state index contributed by atoms with van der Waals surface area (Å²) in [6, 6.07) is 12.2. The van der Waals surface area contributed by atoms with E-state index in [1.54, 1.807) is 36.4 Å². The lowest BCUT2D eigenvalue weighted by molar-refractivity contribution is -0.136. The Balaban J connectivity index is 1.77. The van der Waals surface area contributed by atoms with Gasteiger partial charge in [-0.15, -0.1) is 0 Å². The molecule has 1 N–H and O–H groups in total. The highest BCUT2D eigenvalue weighted by molar-refractivity contribution is 5.96. The summed E-state index contributed by atoms with van der Waals surface area (Å²) in [5.74, 6) is -0.142. The molecule has 0 aliphatic carbocycles. The van der Waals surface area contributed by atoms with Crippen LogP contribution in [0.3, 0.4) is 0 Å². The highest BCUT2D eigenvalue weighted by Crippen LogP contribution is 2.28. The summed E-state index contributed by atoms with van der Waals surface area (Å²) in [5, 5.41) is 9.01. The number of carbonyl (C=O) groups is 3. The zero-order chi connectivity index (χ0) is 22.2. The number of aliphatic carboxylic acids is 1. The zero-order valence-electron chi connectivity index (χ0n) is 17.6. The Hall–Kier alpha value is -3.35. The molecule has 1 unspecified atom stereocenters. The molecule has 1 amide bonds. The van der Waals surface area contributed by atoms with Crippen molar-refractivity contribution in [2.75, 3.05) is 20.3 Å². The number of benzene rings is 2. The van der Waals surface area contributed by atoms with Crippen LogP contribution in [0.4, 0.5) is 0 Å². The Kier molecular flexibility index (Phi) is 7.65. The third kappa shape index (κ3) is 5.42. The number of amides is 1. The minimum Gasteiger partial charge on any atom is -0.496 e. The van der Waals surface area contributed by atoms with Gasteiger partial charge >= 0.3 is 5.97 Å². The molecule has 1 aliphatic heterocycles. The van der Waals surface area contributed by atoms with Crippen LogP contribution in [0.5, 0.6) is 11.5 Å². The van der Waals surface area contributed by atoms with Gasteiger partial charge in [-0.3, -0.25) is 14.4 Å². The third-order valence-electron chi connectivity index (χ3n) is 5.54. The summed E-state index contributed by atoms with van der Waals surface area (Å²) in [5.41, 5.74) is 1.61. The van der Waals surface area contributed by atoms with Crippen molar-refractivity contribution >= 4 is 18.2 Å². The highest BCUT2D eigenvalue weighted by atomic mass is 16.5. The van der Waals surface area contributed by atoms with Gasteiger partial charge in [-0.05, 0) is 49.4 Å². The maximum absolute atomic E-state index is 13.4. The lowest BCUT2D eigenvalue weighted by atomic mass is 9.98. The molecule has 1 aliphatic rings. The number of carboxylic acid groups (broad SMARTS) is 1. The van der Waals surface area contributed by atoms with Crippen LogP contribution in [0, 0.1) is 0 Å². The van der Waals surface area contributed by atoms with E-state index in [1.807, 2.05) is 11.0 Å². The molecular weight excluding hydrogens is 398 g/mol. The minimum absolute atomic E-state index is 0.0266. The maximum atomic E-state index is 13.4. The summed E-state index contributed by atoms with van der Waals surface area (Å²) in [6.07, 6.45) is 3.66. The minimum atomic E-state index is -0.893. The van der Waals surface area contributed by atoms with Crippen LogP contribution in [0.1, 0.15) is 52.0 Å². The number of ether oxygens (including phenoxy) is 2. The van der Waals surface area contributed by atoms with E-state index < -0.39 is 5.97 Å². The largest absolute Gasteiger partial charge is 0.496 e. The molecule has 1 heterocycles. The van der Waals surface area contributed by atoms with E-state index in [2.05, 4.69) is 0 Å². The van der Waals surface area contributed by atoms with Crippen molar-refractivity contribution in [1.29, 1.82) is 0 Å². The molecule has 31 heavy (non-hydrogen) atoms. The lowest BCUT2D eigenvalue weighted by Gasteiger charge is -2.36. The van der Waals surface area contributed by atoms with Gasteiger partial charge in [0.25, 0.3) is 5.91 Å². The number of aryl methyl sites for hydroxylation is 1. The predicted octanol–water partition coefficient (Wildman–Crippen LogP) is 3.60. The lowest BCUT2D eigenvalue weighted by Crippen LogP contribution is -2.47. The number of piperidine rings is 1. The fraction of sp³-hybridized carbons (Fsp3) is 0.375. The third-order valence-corrected chi connectivity index (χ3v) is 5.54. The summed E-state index contributed by atoms with van der Waals surface area (Å²) < 4.78 is 11.2. The predicted molar refractivity (Wildman–Crippen MR) is 115 cm³/mol. The Morgan fingerprint density at radius 1 is 1.13 bits per heavy atom. The SMILES string of the molecule is COc1cccc(OCC2CCCCN2C(=O)c2ccccc2CCC(=O)O)c1C=O.